The van der Waals surface area contributed by atoms with Gasteiger partial charge in [0.1, 0.15) is 24.0 Å². The van der Waals surface area contributed by atoms with Crippen LogP contribution in [-0.4, -0.2) is 30.7 Å². The Morgan fingerprint density at radius 2 is 1.57 bits per heavy atom. The average Bonchev–Trinajstić information content (AvgIpc) is 3.08. The van der Waals surface area contributed by atoms with Crippen LogP contribution >= 0.6 is 0 Å². The summed E-state index contributed by atoms with van der Waals surface area (Å²) < 4.78 is 18.3. The Kier molecular flexibility index (Phi) is 4.48. The summed E-state index contributed by atoms with van der Waals surface area (Å²) in [4.78, 5) is 15.0. The highest BCUT2D eigenvalue weighted by atomic mass is 16.6. The molecule has 0 aliphatic carbocycles. The molecule has 2 aliphatic rings. The van der Waals surface area contributed by atoms with Gasteiger partial charge < -0.3 is 14.2 Å². The fourth-order valence-corrected chi connectivity index (χ4v) is 4.27. The van der Waals surface area contributed by atoms with E-state index in [1.54, 1.807) is 0 Å². The zero-order valence-electron chi connectivity index (χ0n) is 17.1. The average molecular weight is 401 g/mol. The Morgan fingerprint density at radius 1 is 0.867 bits per heavy atom. The highest BCUT2D eigenvalue weighted by molar-refractivity contribution is 5.97. The van der Waals surface area contributed by atoms with Gasteiger partial charge in [-0.05, 0) is 37.4 Å². The minimum atomic E-state index is -1.02. The van der Waals surface area contributed by atoms with E-state index < -0.39 is 5.60 Å². The molecule has 1 unspecified atom stereocenters. The van der Waals surface area contributed by atoms with E-state index in [1.807, 2.05) is 66.7 Å². The van der Waals surface area contributed by atoms with Crippen molar-refractivity contribution in [2.75, 3.05) is 19.8 Å². The molecule has 2 heterocycles. The molecule has 0 N–H and O–H groups in total. The maximum Gasteiger partial charge on any atom is 0.340 e. The molecule has 3 aromatic carbocycles. The van der Waals surface area contributed by atoms with Gasteiger partial charge in [-0.2, -0.15) is 0 Å². The Morgan fingerprint density at radius 3 is 2.37 bits per heavy atom. The number of rotatable bonds is 5. The van der Waals surface area contributed by atoms with Crippen molar-refractivity contribution in [3.63, 3.8) is 0 Å². The minimum Gasteiger partial charge on any atom is -0.478 e. The largest absolute Gasteiger partial charge is 0.478 e. The lowest BCUT2D eigenvalue weighted by Crippen LogP contribution is -2.33. The zero-order chi connectivity index (χ0) is 20.7. The van der Waals surface area contributed by atoms with E-state index in [9.17, 15) is 4.79 Å². The third kappa shape index (κ3) is 2.70. The van der Waals surface area contributed by atoms with Crippen molar-refractivity contribution in [1.82, 2.24) is 4.90 Å². The van der Waals surface area contributed by atoms with Crippen molar-refractivity contribution in [3.8, 4) is 17.2 Å². The molecule has 0 radical (unpaired) electrons. The van der Waals surface area contributed by atoms with Crippen LogP contribution in [0.15, 0.2) is 66.7 Å². The van der Waals surface area contributed by atoms with Gasteiger partial charge in [0.2, 0.25) is 0 Å². The van der Waals surface area contributed by atoms with Crippen molar-refractivity contribution >= 4 is 5.97 Å². The maximum atomic E-state index is 12.8. The highest BCUT2D eigenvalue weighted by Gasteiger charge is 2.53. The van der Waals surface area contributed by atoms with Crippen LogP contribution in [0.25, 0.3) is 0 Å². The van der Waals surface area contributed by atoms with Crippen LogP contribution in [0.4, 0.5) is 0 Å². The first-order valence-electron chi connectivity index (χ1n) is 10.3. The van der Waals surface area contributed by atoms with Crippen LogP contribution in [0, 0.1) is 0 Å². The molecule has 0 saturated heterocycles. The molecular formula is C25H23NO4. The summed E-state index contributed by atoms with van der Waals surface area (Å²) in [5, 5.41) is 0. The van der Waals surface area contributed by atoms with Crippen molar-refractivity contribution in [2.24, 2.45) is 0 Å². The zero-order valence-corrected chi connectivity index (χ0v) is 17.1. The van der Waals surface area contributed by atoms with Gasteiger partial charge in [-0.15, -0.1) is 0 Å². The van der Waals surface area contributed by atoms with Gasteiger partial charge in [-0.3, -0.25) is 4.90 Å². The van der Waals surface area contributed by atoms with Crippen molar-refractivity contribution in [2.45, 2.75) is 19.4 Å². The number of fused-ring (bicyclic) bond motifs is 6. The van der Waals surface area contributed by atoms with Crippen LogP contribution in [0.2, 0.25) is 0 Å². The predicted octanol–water partition coefficient (Wildman–Crippen LogP) is 4.93. The lowest BCUT2D eigenvalue weighted by molar-refractivity contribution is 0.0224. The first-order chi connectivity index (χ1) is 14.7. The summed E-state index contributed by atoms with van der Waals surface area (Å²) in [6, 6.07) is 21.0. The molecule has 152 valence electrons. The molecule has 5 nitrogen and oxygen atoms in total. The minimum absolute atomic E-state index is 0.324. The normalized spacial score (nSPS) is 18.4. The smallest absolute Gasteiger partial charge is 0.340 e. The van der Waals surface area contributed by atoms with E-state index in [2.05, 4.69) is 18.7 Å². The second-order valence-corrected chi connectivity index (χ2v) is 7.45. The number of ether oxygens (including phenoxy) is 3. The van der Waals surface area contributed by atoms with Gasteiger partial charge in [0, 0.05) is 22.8 Å². The van der Waals surface area contributed by atoms with Crippen LogP contribution in [0.5, 0.6) is 17.2 Å². The standard InChI is InChI=1S/C25H23NO4/c1-3-26(4-2)16-28-17-13-14-21-23(15-17)29-22-12-8-7-11-20(22)25(21)19-10-6-5-9-18(19)24(27)30-25/h5-15H,3-4,16H2,1-2H3. The van der Waals surface area contributed by atoms with Gasteiger partial charge in [-0.1, -0.05) is 50.2 Å². The molecule has 0 saturated carbocycles. The van der Waals surface area contributed by atoms with Crippen molar-refractivity contribution in [1.29, 1.82) is 0 Å². The molecule has 1 spiro atoms. The van der Waals surface area contributed by atoms with E-state index >= 15 is 0 Å². The van der Waals surface area contributed by atoms with Gasteiger partial charge in [-0.25, -0.2) is 4.79 Å². The molecule has 0 aromatic heterocycles. The number of benzene rings is 3. The molecular weight excluding hydrogens is 378 g/mol. The fourth-order valence-electron chi connectivity index (χ4n) is 4.27. The maximum absolute atomic E-state index is 12.8. The fraction of sp³-hybridized carbons (Fsp3) is 0.240. The number of carbonyl (C=O) groups is 1. The Labute approximate surface area is 175 Å². The molecule has 1 atom stereocenters. The topological polar surface area (TPSA) is 48.0 Å². The van der Waals surface area contributed by atoms with Crippen molar-refractivity contribution in [3.05, 3.63) is 89.0 Å². The molecule has 0 amide bonds. The number of nitrogens with zero attached hydrogens (tertiary/aromatic N) is 1. The lowest BCUT2D eigenvalue weighted by Gasteiger charge is -2.36. The first kappa shape index (κ1) is 18.7. The van der Waals surface area contributed by atoms with E-state index in [1.165, 1.54) is 0 Å². The second-order valence-electron chi connectivity index (χ2n) is 7.45. The summed E-state index contributed by atoms with van der Waals surface area (Å²) in [7, 11) is 0. The molecule has 3 aromatic rings. The van der Waals surface area contributed by atoms with Crippen LogP contribution < -0.4 is 9.47 Å². The first-order valence-corrected chi connectivity index (χ1v) is 10.3. The highest BCUT2D eigenvalue weighted by Crippen LogP contribution is 2.56. The SMILES string of the molecule is CCN(CC)COc1ccc2c(c1)Oc1ccccc1C21OC(=O)c2ccccc21. The predicted molar refractivity (Wildman–Crippen MR) is 113 cm³/mol. The van der Waals surface area contributed by atoms with Gasteiger partial charge in [0.25, 0.3) is 0 Å². The lowest BCUT2D eigenvalue weighted by atomic mass is 9.78. The van der Waals surface area contributed by atoms with E-state index in [0.717, 1.165) is 29.8 Å². The summed E-state index contributed by atoms with van der Waals surface area (Å²) in [5.74, 6) is 1.70. The molecule has 2 aliphatic heterocycles. The van der Waals surface area contributed by atoms with Gasteiger partial charge in [0.05, 0.1) is 5.56 Å². The van der Waals surface area contributed by atoms with E-state index in [-0.39, 0.29) is 5.97 Å². The number of hydrogen-bond acceptors (Lipinski definition) is 5. The van der Waals surface area contributed by atoms with E-state index in [4.69, 9.17) is 14.2 Å². The monoisotopic (exact) mass is 401 g/mol. The van der Waals surface area contributed by atoms with Crippen LogP contribution in [-0.2, 0) is 10.3 Å². The third-order valence-electron chi connectivity index (χ3n) is 5.90. The van der Waals surface area contributed by atoms with Crippen molar-refractivity contribution < 1.29 is 19.0 Å². The summed E-state index contributed by atoms with van der Waals surface area (Å²) >= 11 is 0. The number of para-hydroxylation sites is 1. The molecule has 0 bridgehead atoms. The van der Waals surface area contributed by atoms with Gasteiger partial charge in [0.15, 0.2) is 5.60 Å². The molecule has 5 rings (SSSR count). The Balaban J connectivity index is 1.64. The summed E-state index contributed by atoms with van der Waals surface area (Å²) in [6.07, 6.45) is 0. The van der Waals surface area contributed by atoms with Gasteiger partial charge >= 0.3 is 5.97 Å². The summed E-state index contributed by atoms with van der Waals surface area (Å²) in [5.41, 5.74) is 2.03. The number of carbonyl (C=O) groups excluding carboxylic acids is 1. The van der Waals surface area contributed by atoms with Crippen LogP contribution in [0.1, 0.15) is 40.9 Å². The number of esters is 1. The molecule has 0 fully saturated rings. The number of hydrogen-bond donors (Lipinski definition) is 0. The van der Waals surface area contributed by atoms with E-state index in [0.29, 0.717) is 29.5 Å². The molecule has 30 heavy (non-hydrogen) atoms. The quantitative estimate of drug-likeness (QED) is 0.448. The summed E-state index contributed by atoms with van der Waals surface area (Å²) in [6.45, 7) is 6.55. The Bertz CT molecular complexity index is 1120. The Hall–Kier alpha value is -3.31. The van der Waals surface area contributed by atoms with Crippen LogP contribution in [0.3, 0.4) is 0 Å². The third-order valence-corrected chi connectivity index (χ3v) is 5.90. The second kappa shape index (κ2) is 7.18. The molecule has 5 heteroatoms.